The van der Waals surface area contributed by atoms with Gasteiger partial charge < -0.3 is 20.3 Å². The number of rotatable bonds is 11. The average Bonchev–Trinajstić information content (AvgIpc) is 3.34. The Bertz CT molecular complexity index is 1490. The first kappa shape index (κ1) is 30.3. The number of para-hydroxylation sites is 1. The number of carboxylic acid groups (broad SMARTS) is 1. The van der Waals surface area contributed by atoms with Crippen LogP contribution in [0.1, 0.15) is 44.2 Å². The van der Waals surface area contributed by atoms with Crippen molar-refractivity contribution in [3.05, 3.63) is 65.9 Å². The van der Waals surface area contributed by atoms with Crippen molar-refractivity contribution < 1.29 is 27.9 Å². The number of benzene rings is 2. The molecule has 1 aliphatic heterocycles. The summed E-state index contributed by atoms with van der Waals surface area (Å²) in [6, 6.07) is 12.0. The molecule has 41 heavy (non-hydrogen) atoms. The zero-order chi connectivity index (χ0) is 29.7. The Hall–Kier alpha value is -3.70. The van der Waals surface area contributed by atoms with E-state index in [1.54, 1.807) is 23.2 Å². The fraction of sp³-hybridized carbons (Fsp3) is 0.433. The second kappa shape index (κ2) is 12.9. The van der Waals surface area contributed by atoms with Crippen molar-refractivity contribution in [2.45, 2.75) is 63.4 Å². The molecule has 10 nitrogen and oxygen atoms in total. The fourth-order valence-electron chi connectivity index (χ4n) is 5.24. The van der Waals surface area contributed by atoms with Gasteiger partial charge in [0.2, 0.25) is 21.8 Å². The van der Waals surface area contributed by atoms with Crippen molar-refractivity contribution >= 4 is 38.7 Å². The Morgan fingerprint density at radius 3 is 2.32 bits per heavy atom. The van der Waals surface area contributed by atoms with E-state index in [-0.39, 0.29) is 42.1 Å². The highest BCUT2D eigenvalue weighted by Gasteiger charge is 2.34. The van der Waals surface area contributed by atoms with Crippen LogP contribution in [0, 0.1) is 18.8 Å². The summed E-state index contributed by atoms with van der Waals surface area (Å²) in [6.45, 7) is 6.26. The van der Waals surface area contributed by atoms with Gasteiger partial charge in [-0.3, -0.25) is 9.59 Å². The number of piperidine rings is 1. The van der Waals surface area contributed by atoms with Crippen molar-refractivity contribution in [1.82, 2.24) is 19.9 Å². The van der Waals surface area contributed by atoms with E-state index in [2.05, 4.69) is 15.0 Å². The summed E-state index contributed by atoms with van der Waals surface area (Å²) >= 11 is 0. The van der Waals surface area contributed by atoms with E-state index in [0.717, 1.165) is 22.0 Å². The standard InChI is InChI=1S/C30H38N4O6S/c1-19(2)16-26(33-41(39,40)23-10-8-20(3)9-11-23)29(36)34-14-12-21(13-15-34)28(35)32-27(30(37)38)17-22-18-31-25-7-5-4-6-24(22)25/h4-11,18-19,21,26-27,31,33H,12-17H2,1-3H3,(H,32,35)(H,37,38). The van der Waals surface area contributed by atoms with Crippen molar-refractivity contribution in [3.8, 4) is 0 Å². The topological polar surface area (TPSA) is 149 Å². The van der Waals surface area contributed by atoms with E-state index >= 15 is 0 Å². The van der Waals surface area contributed by atoms with Gasteiger partial charge in [0.15, 0.2) is 0 Å². The lowest BCUT2D eigenvalue weighted by molar-refractivity contribution is -0.143. The maximum Gasteiger partial charge on any atom is 0.326 e. The molecule has 1 saturated heterocycles. The third-order valence-corrected chi connectivity index (χ3v) is 9.01. The van der Waals surface area contributed by atoms with Crippen LogP contribution in [-0.2, 0) is 30.8 Å². The largest absolute Gasteiger partial charge is 0.480 e. The first-order valence-electron chi connectivity index (χ1n) is 13.9. The molecule has 1 fully saturated rings. The van der Waals surface area contributed by atoms with E-state index in [9.17, 15) is 27.9 Å². The minimum absolute atomic E-state index is 0.0677. The molecular weight excluding hydrogens is 544 g/mol. The summed E-state index contributed by atoms with van der Waals surface area (Å²) in [4.78, 5) is 43.3. The lowest BCUT2D eigenvalue weighted by Crippen LogP contribution is -2.53. The van der Waals surface area contributed by atoms with Crippen molar-refractivity contribution in [2.24, 2.45) is 11.8 Å². The zero-order valence-electron chi connectivity index (χ0n) is 23.6. The van der Waals surface area contributed by atoms with Crippen LogP contribution in [0.3, 0.4) is 0 Å². The monoisotopic (exact) mass is 582 g/mol. The third-order valence-electron chi connectivity index (χ3n) is 7.52. The van der Waals surface area contributed by atoms with Crippen LogP contribution in [0.2, 0.25) is 0 Å². The molecule has 1 aromatic heterocycles. The molecule has 2 aromatic carbocycles. The van der Waals surface area contributed by atoms with Crippen LogP contribution in [0.15, 0.2) is 59.6 Å². The number of nitrogens with zero attached hydrogens (tertiary/aromatic N) is 1. The third kappa shape index (κ3) is 7.53. The second-order valence-corrected chi connectivity index (χ2v) is 12.9. The number of sulfonamides is 1. The molecular formula is C30H38N4O6S. The first-order valence-corrected chi connectivity index (χ1v) is 15.4. The molecule has 0 aliphatic carbocycles. The van der Waals surface area contributed by atoms with Gasteiger partial charge in [-0.05, 0) is 55.9 Å². The van der Waals surface area contributed by atoms with Crippen LogP contribution in [0.4, 0.5) is 0 Å². The summed E-state index contributed by atoms with van der Waals surface area (Å²) in [5.41, 5.74) is 2.63. The number of amides is 2. The number of aromatic amines is 1. The summed E-state index contributed by atoms with van der Waals surface area (Å²) < 4.78 is 28.6. The van der Waals surface area contributed by atoms with Gasteiger partial charge in [-0.25, -0.2) is 13.2 Å². The van der Waals surface area contributed by atoms with Crippen molar-refractivity contribution in [3.63, 3.8) is 0 Å². The van der Waals surface area contributed by atoms with Gasteiger partial charge in [0.05, 0.1) is 4.90 Å². The molecule has 0 spiro atoms. The molecule has 4 N–H and O–H groups in total. The van der Waals surface area contributed by atoms with Crippen LogP contribution < -0.4 is 10.0 Å². The Balaban J connectivity index is 1.36. The SMILES string of the molecule is Cc1ccc(S(=O)(=O)NC(CC(C)C)C(=O)N2CCC(C(=O)NC(Cc3c[nH]c4ccccc34)C(=O)O)CC2)cc1. The Morgan fingerprint density at radius 2 is 1.68 bits per heavy atom. The predicted molar refractivity (Wildman–Crippen MR) is 156 cm³/mol. The number of likely N-dealkylation sites (tertiary alicyclic amines) is 1. The minimum atomic E-state index is -3.91. The molecule has 3 aromatic rings. The van der Waals surface area contributed by atoms with Crippen molar-refractivity contribution in [1.29, 1.82) is 0 Å². The van der Waals surface area contributed by atoms with Crippen LogP contribution >= 0.6 is 0 Å². The number of nitrogens with one attached hydrogen (secondary N) is 3. The molecule has 4 rings (SSSR count). The molecule has 2 unspecified atom stereocenters. The van der Waals surface area contributed by atoms with E-state index in [4.69, 9.17) is 0 Å². The van der Waals surface area contributed by atoms with Crippen LogP contribution in [0.25, 0.3) is 10.9 Å². The summed E-state index contributed by atoms with van der Waals surface area (Å²) in [7, 11) is -3.91. The molecule has 220 valence electrons. The highest BCUT2D eigenvalue weighted by molar-refractivity contribution is 7.89. The van der Waals surface area contributed by atoms with E-state index in [1.807, 2.05) is 45.0 Å². The lowest BCUT2D eigenvalue weighted by Gasteiger charge is -2.34. The zero-order valence-corrected chi connectivity index (χ0v) is 24.4. The maximum atomic E-state index is 13.4. The van der Waals surface area contributed by atoms with Gasteiger partial charge in [-0.15, -0.1) is 0 Å². The highest BCUT2D eigenvalue weighted by Crippen LogP contribution is 2.22. The Labute approximate surface area is 240 Å². The highest BCUT2D eigenvalue weighted by atomic mass is 32.2. The summed E-state index contributed by atoms with van der Waals surface area (Å²) in [5, 5.41) is 13.4. The summed E-state index contributed by atoms with van der Waals surface area (Å²) in [6.07, 6.45) is 2.95. The van der Waals surface area contributed by atoms with Crippen molar-refractivity contribution in [2.75, 3.05) is 13.1 Å². The Morgan fingerprint density at radius 1 is 1.02 bits per heavy atom. The quantitative estimate of drug-likeness (QED) is 0.273. The number of aliphatic carboxylic acids is 1. The fourth-order valence-corrected chi connectivity index (χ4v) is 6.44. The summed E-state index contributed by atoms with van der Waals surface area (Å²) in [5.74, 6) is -2.18. The van der Waals surface area contributed by atoms with Gasteiger partial charge in [0.1, 0.15) is 12.1 Å². The molecule has 2 atom stereocenters. The van der Waals surface area contributed by atoms with E-state index in [1.165, 1.54) is 12.1 Å². The average molecular weight is 583 g/mol. The normalized spacial score (nSPS) is 16.0. The number of aromatic nitrogens is 1. The van der Waals surface area contributed by atoms with E-state index in [0.29, 0.717) is 19.3 Å². The second-order valence-electron chi connectivity index (χ2n) is 11.2. The predicted octanol–water partition coefficient (Wildman–Crippen LogP) is 3.22. The number of hydrogen-bond acceptors (Lipinski definition) is 5. The molecule has 0 saturated carbocycles. The smallest absolute Gasteiger partial charge is 0.326 e. The number of carbonyl (C=O) groups is 3. The number of hydrogen-bond donors (Lipinski definition) is 4. The molecule has 2 heterocycles. The minimum Gasteiger partial charge on any atom is -0.480 e. The van der Waals surface area contributed by atoms with E-state index < -0.39 is 34.0 Å². The molecule has 0 bridgehead atoms. The first-order chi connectivity index (χ1) is 19.4. The molecule has 0 radical (unpaired) electrons. The van der Waals surface area contributed by atoms with Gasteiger partial charge in [0, 0.05) is 42.5 Å². The van der Waals surface area contributed by atoms with Gasteiger partial charge in [0.25, 0.3) is 0 Å². The number of H-pyrrole nitrogens is 1. The number of fused-ring (bicyclic) bond motifs is 1. The lowest BCUT2D eigenvalue weighted by atomic mass is 9.94. The van der Waals surface area contributed by atoms with Crippen LogP contribution in [-0.4, -0.2) is 66.4 Å². The van der Waals surface area contributed by atoms with Gasteiger partial charge >= 0.3 is 5.97 Å². The Kier molecular flexibility index (Phi) is 9.49. The number of carbonyl (C=O) groups excluding carboxylic acids is 2. The van der Waals surface area contributed by atoms with Gasteiger partial charge in [-0.2, -0.15) is 4.72 Å². The van der Waals surface area contributed by atoms with Crippen LogP contribution in [0.5, 0.6) is 0 Å². The molecule has 2 amide bonds. The van der Waals surface area contributed by atoms with Gasteiger partial charge in [-0.1, -0.05) is 49.7 Å². The number of aryl methyl sites for hydroxylation is 1. The molecule has 1 aliphatic rings. The molecule has 11 heteroatoms. The number of carboxylic acids is 1. The maximum absolute atomic E-state index is 13.4.